The summed E-state index contributed by atoms with van der Waals surface area (Å²) in [6.45, 7) is 0.731. The van der Waals surface area contributed by atoms with Gasteiger partial charge in [-0.3, -0.25) is 45.6 Å². The fourth-order valence-corrected chi connectivity index (χ4v) is 7.89. The number of aromatic nitrogens is 2. The minimum Gasteiger partial charge on any atom is -0.480 e. The summed E-state index contributed by atoms with van der Waals surface area (Å²) in [7, 11) is 0. The first kappa shape index (κ1) is 57.0. The minimum atomic E-state index is -1.42. The lowest BCUT2D eigenvalue weighted by Gasteiger charge is -2.27. The summed E-state index contributed by atoms with van der Waals surface area (Å²) in [5, 5.41) is 65.3. The fourth-order valence-electron chi connectivity index (χ4n) is 7.89. The Labute approximate surface area is 420 Å². The first-order valence-corrected chi connectivity index (χ1v) is 23.7. The number of fused-ring (bicyclic) bond motifs is 2. The Morgan fingerprint density at radius 3 is 1.16 bits per heavy atom. The van der Waals surface area contributed by atoms with Crippen LogP contribution in [0.25, 0.3) is 21.8 Å². The lowest BCUT2D eigenvalue weighted by atomic mass is 10.00. The molecule has 27 nitrogen and oxygen atoms in total. The van der Waals surface area contributed by atoms with Crippen LogP contribution < -0.4 is 76.5 Å². The van der Waals surface area contributed by atoms with Gasteiger partial charge in [0.2, 0.25) is 29.5 Å². The Hall–Kier alpha value is -8.62. The maximum atomic E-state index is 14.9. The van der Waals surface area contributed by atoms with Crippen LogP contribution in [0.15, 0.2) is 60.9 Å². The maximum absolute atomic E-state index is 14.9. The minimum absolute atomic E-state index is 0.0207. The molecule has 73 heavy (non-hydrogen) atoms. The Bertz CT molecular complexity index is 2560. The van der Waals surface area contributed by atoms with Crippen molar-refractivity contribution in [2.24, 2.45) is 28.7 Å². The molecular formula is C46H70N20O7. The van der Waals surface area contributed by atoms with Gasteiger partial charge in [-0.2, -0.15) is 0 Å². The predicted octanol–water partition coefficient (Wildman–Crippen LogP) is -2.68. The summed E-state index contributed by atoms with van der Waals surface area (Å²) in [4.78, 5) is 90.0. The number of hydrogen-bond donors (Lipinski definition) is 21. The first-order chi connectivity index (χ1) is 34.8. The summed E-state index contributed by atoms with van der Waals surface area (Å²) < 4.78 is 0. The topological polar surface area (TPSA) is 488 Å². The van der Waals surface area contributed by atoms with Crippen molar-refractivity contribution in [3.8, 4) is 0 Å². The number of nitrogens with two attached hydrogens (primary N) is 5. The van der Waals surface area contributed by atoms with Crippen LogP contribution in [0, 0.1) is 21.6 Å². The highest BCUT2D eigenvalue weighted by atomic mass is 16.4. The standard InChI is InChI=1S/C46H70N20O7/c47-29(11-5-17-56-43(48)49)37(67)62-32(14-6-18-57-44(50)51)39(69)65-36(22-26-24-61-31-13-4-2-10-28(26)31)41(71)66-35(21-25-23-60-30-12-3-1-9-27(25)30)40(70)63-33(15-7-19-58-45(52)53)38(68)64-34(42(72)73)16-8-20-59-46(54)55/h1-4,9-10,12-13,23-24,29,32-36,60-61H,5-8,11,14-22,47H2,(H,62,67)(H,63,70)(H,64,68)(H,65,69)(H,66,71)(H,72,73)(H4,48,49,56)(H4,50,51,57)(H4,52,53,58)(H4,54,55,59)/t29-,32-,33-,34-,35-,36-/m0/s1. The van der Waals surface area contributed by atoms with Gasteiger partial charge in [0.15, 0.2) is 23.8 Å². The molecule has 2 aromatic carbocycles. The molecule has 0 saturated heterocycles. The molecule has 0 bridgehead atoms. The van der Waals surface area contributed by atoms with Gasteiger partial charge in [-0.15, -0.1) is 0 Å². The van der Waals surface area contributed by atoms with Gasteiger partial charge in [0.25, 0.3) is 0 Å². The summed E-state index contributed by atoms with van der Waals surface area (Å²) in [5.41, 5.74) is 30.6. The van der Waals surface area contributed by atoms with E-state index in [0.29, 0.717) is 17.5 Å². The van der Waals surface area contributed by atoms with Gasteiger partial charge in [0.05, 0.1) is 6.04 Å². The van der Waals surface area contributed by atoms with E-state index in [2.05, 4.69) is 57.8 Å². The maximum Gasteiger partial charge on any atom is 0.326 e. The molecule has 0 saturated carbocycles. The number of guanidine groups is 4. The van der Waals surface area contributed by atoms with Gasteiger partial charge >= 0.3 is 5.97 Å². The molecule has 27 heteroatoms. The van der Waals surface area contributed by atoms with Gasteiger partial charge in [0.1, 0.15) is 30.2 Å². The van der Waals surface area contributed by atoms with Gasteiger partial charge in [-0.05, 0) is 74.6 Å². The molecule has 0 radical (unpaired) electrons. The zero-order valence-electron chi connectivity index (χ0n) is 40.4. The van der Waals surface area contributed by atoms with Gasteiger partial charge in [-0.25, -0.2) is 4.79 Å². The Balaban J connectivity index is 1.69. The van der Waals surface area contributed by atoms with Crippen LogP contribution in [-0.2, 0) is 41.6 Å². The van der Waals surface area contributed by atoms with E-state index < -0.39 is 71.8 Å². The van der Waals surface area contributed by atoms with Crippen molar-refractivity contribution >= 4 is 81.1 Å². The molecule has 2 heterocycles. The molecule has 0 aliphatic heterocycles. The summed E-state index contributed by atoms with van der Waals surface area (Å²) in [6, 6.07) is 6.70. The van der Waals surface area contributed by atoms with Crippen molar-refractivity contribution in [1.29, 1.82) is 21.6 Å². The Morgan fingerprint density at radius 2 is 0.781 bits per heavy atom. The number of hydrogen-bond acceptors (Lipinski definition) is 11. The number of rotatable bonds is 31. The van der Waals surface area contributed by atoms with E-state index in [1.807, 2.05) is 42.5 Å². The van der Waals surface area contributed by atoms with Crippen LogP contribution in [0.3, 0.4) is 0 Å². The number of aromatic amines is 2. The number of para-hydroxylation sites is 2. The van der Waals surface area contributed by atoms with Crippen LogP contribution in [0.4, 0.5) is 0 Å². The largest absolute Gasteiger partial charge is 0.480 e. The van der Waals surface area contributed by atoms with Gasteiger partial charge in [0, 0.05) is 73.2 Å². The average Bonchev–Trinajstić information content (AvgIpc) is 3.95. The fraction of sp³-hybridized carbons (Fsp3) is 0.435. The van der Waals surface area contributed by atoms with Crippen LogP contribution >= 0.6 is 0 Å². The van der Waals surface area contributed by atoms with Crippen LogP contribution in [-0.4, -0.2) is 137 Å². The van der Waals surface area contributed by atoms with Crippen molar-refractivity contribution < 1.29 is 33.9 Å². The van der Waals surface area contributed by atoms with E-state index in [-0.39, 0.29) is 108 Å². The number of carboxylic acids is 1. The highest BCUT2D eigenvalue weighted by Gasteiger charge is 2.34. The van der Waals surface area contributed by atoms with Crippen molar-refractivity contribution in [3.05, 3.63) is 72.1 Å². The zero-order chi connectivity index (χ0) is 53.5. The Morgan fingerprint density at radius 1 is 0.466 bits per heavy atom. The second-order valence-corrected chi connectivity index (χ2v) is 17.3. The predicted molar refractivity (Wildman–Crippen MR) is 276 cm³/mol. The number of benzene rings is 2. The number of H-pyrrole nitrogens is 2. The van der Waals surface area contributed by atoms with E-state index >= 15 is 0 Å². The van der Waals surface area contributed by atoms with E-state index in [9.17, 15) is 33.9 Å². The number of carbonyl (C=O) groups is 6. The smallest absolute Gasteiger partial charge is 0.326 e. The molecular weight excluding hydrogens is 945 g/mol. The normalized spacial score (nSPS) is 13.4. The third kappa shape index (κ3) is 19.2. The van der Waals surface area contributed by atoms with Gasteiger partial charge in [-0.1, -0.05) is 36.4 Å². The molecule has 0 fully saturated rings. The van der Waals surface area contributed by atoms with E-state index in [1.54, 1.807) is 18.5 Å². The molecule has 26 N–H and O–H groups in total. The van der Waals surface area contributed by atoms with Crippen LogP contribution in [0.2, 0.25) is 0 Å². The molecule has 0 spiro atoms. The summed E-state index contributed by atoms with van der Waals surface area (Å²) in [6.07, 6.45) is 4.23. The monoisotopic (exact) mass is 1010 g/mol. The highest BCUT2D eigenvalue weighted by Crippen LogP contribution is 2.22. The molecule has 0 aliphatic carbocycles. The number of amides is 5. The summed E-state index contributed by atoms with van der Waals surface area (Å²) in [5.74, 6) is -6.44. The molecule has 6 atom stereocenters. The third-order valence-corrected chi connectivity index (χ3v) is 11.6. The number of carbonyl (C=O) groups excluding carboxylic acids is 5. The lowest BCUT2D eigenvalue weighted by Crippen LogP contribution is -2.60. The number of nitrogens with one attached hydrogen (secondary N) is 15. The number of aliphatic carboxylic acids is 1. The first-order valence-electron chi connectivity index (χ1n) is 23.7. The quantitative estimate of drug-likeness (QED) is 0.0139. The summed E-state index contributed by atoms with van der Waals surface area (Å²) >= 11 is 0. The molecule has 2 aromatic heterocycles. The van der Waals surface area contributed by atoms with E-state index in [4.69, 9.17) is 50.3 Å². The van der Waals surface area contributed by atoms with Crippen molar-refractivity contribution in [1.82, 2.24) is 57.8 Å². The molecule has 4 aromatic rings. The van der Waals surface area contributed by atoms with E-state index in [0.717, 1.165) is 21.8 Å². The van der Waals surface area contributed by atoms with Crippen molar-refractivity contribution in [3.63, 3.8) is 0 Å². The Kier molecular flexibility index (Phi) is 22.6. The molecule has 5 amide bonds. The molecule has 4 rings (SSSR count). The van der Waals surface area contributed by atoms with Crippen molar-refractivity contribution in [2.75, 3.05) is 26.2 Å². The number of carboxylic acid groups (broad SMARTS) is 1. The molecule has 0 aliphatic rings. The second-order valence-electron chi connectivity index (χ2n) is 17.3. The van der Waals surface area contributed by atoms with E-state index in [1.165, 1.54) is 0 Å². The second kappa shape index (κ2) is 28.9. The zero-order valence-corrected chi connectivity index (χ0v) is 40.4. The highest BCUT2D eigenvalue weighted by molar-refractivity contribution is 5.97. The van der Waals surface area contributed by atoms with Crippen LogP contribution in [0.5, 0.6) is 0 Å². The SMILES string of the molecule is N=C(N)NCCC[C@H](NC(=O)[C@H](CCCNC(=N)N)NC(=O)[C@H](Cc1c[nH]c2ccccc12)NC(=O)[C@H](Cc1c[nH]c2ccccc12)NC(=O)[C@H](CCCNC(=N)N)NC(=O)[C@@H](N)CCCNC(=N)N)C(=O)O. The third-order valence-electron chi connectivity index (χ3n) is 11.6. The van der Waals surface area contributed by atoms with Crippen molar-refractivity contribution in [2.45, 2.75) is 100 Å². The average molecular weight is 1020 g/mol. The molecule has 0 unspecified atom stereocenters. The molecule has 396 valence electrons. The van der Waals surface area contributed by atoms with Gasteiger partial charge < -0.3 is 91.6 Å². The lowest BCUT2D eigenvalue weighted by molar-refractivity contribution is -0.142. The van der Waals surface area contributed by atoms with Crippen LogP contribution in [0.1, 0.15) is 62.5 Å².